The van der Waals surface area contributed by atoms with Crippen LogP contribution in [0.1, 0.15) is 34.1 Å². The van der Waals surface area contributed by atoms with Crippen molar-refractivity contribution < 1.29 is 8.95 Å². The van der Waals surface area contributed by atoms with Crippen molar-refractivity contribution in [3.63, 3.8) is 0 Å². The van der Waals surface area contributed by atoms with Crippen molar-refractivity contribution in [2.24, 2.45) is 0 Å². The van der Waals surface area contributed by atoms with Crippen LogP contribution in [0.4, 0.5) is 0 Å². The minimum Gasteiger partial charge on any atom is -0.380 e. The molecule has 1 fully saturated rings. The van der Waals surface area contributed by atoms with Gasteiger partial charge in [-0.05, 0) is 33.7 Å². The van der Waals surface area contributed by atoms with E-state index in [1.54, 1.807) is 0 Å². The van der Waals surface area contributed by atoms with Crippen LogP contribution < -0.4 is 5.32 Å². The Morgan fingerprint density at radius 2 is 2.13 bits per heavy atom. The van der Waals surface area contributed by atoms with Crippen molar-refractivity contribution in [2.75, 3.05) is 19.8 Å². The maximum absolute atomic E-state index is 12.3. The first-order chi connectivity index (χ1) is 6.96. The van der Waals surface area contributed by atoms with Crippen LogP contribution in [-0.4, -0.2) is 40.0 Å². The largest absolute Gasteiger partial charge is 0.380 e. The van der Waals surface area contributed by atoms with Crippen molar-refractivity contribution in [1.82, 2.24) is 5.32 Å². The van der Waals surface area contributed by atoms with Crippen molar-refractivity contribution in [2.45, 2.75) is 50.2 Å². The number of hydrogen-bond acceptors (Lipinski definition) is 3. The van der Waals surface area contributed by atoms with Gasteiger partial charge in [-0.25, -0.2) is 0 Å². The first kappa shape index (κ1) is 13.1. The summed E-state index contributed by atoms with van der Waals surface area (Å²) in [7, 11) is -0.843. The zero-order chi connectivity index (χ0) is 11.5. The van der Waals surface area contributed by atoms with Gasteiger partial charge in [-0.1, -0.05) is 6.92 Å². The summed E-state index contributed by atoms with van der Waals surface area (Å²) in [5.74, 6) is 0. The molecule has 0 amide bonds. The Morgan fingerprint density at radius 1 is 1.47 bits per heavy atom. The highest BCUT2D eigenvalue weighted by molar-refractivity contribution is 7.87. The zero-order valence-electron chi connectivity index (χ0n) is 10.2. The second-order valence-corrected chi connectivity index (χ2v) is 7.40. The third-order valence-electron chi connectivity index (χ3n) is 2.65. The molecule has 0 bridgehead atoms. The maximum atomic E-state index is 12.3. The molecule has 0 spiro atoms. The van der Waals surface area contributed by atoms with Crippen LogP contribution in [0, 0.1) is 0 Å². The lowest BCUT2D eigenvalue weighted by Gasteiger charge is -2.35. The maximum Gasteiger partial charge on any atom is 0.0740 e. The fourth-order valence-electron chi connectivity index (χ4n) is 1.87. The quantitative estimate of drug-likeness (QED) is 0.798. The topological polar surface area (TPSA) is 38.3 Å². The van der Waals surface area contributed by atoms with Crippen molar-refractivity contribution >= 4 is 10.8 Å². The average molecular weight is 233 g/mol. The van der Waals surface area contributed by atoms with Gasteiger partial charge in [0.25, 0.3) is 0 Å². The molecule has 0 aromatic rings. The Kier molecular flexibility index (Phi) is 4.74. The lowest BCUT2D eigenvalue weighted by molar-refractivity contribution is 0.0820. The van der Waals surface area contributed by atoms with Gasteiger partial charge < -0.3 is 10.1 Å². The van der Waals surface area contributed by atoms with Gasteiger partial charge in [0, 0.05) is 28.2 Å². The molecule has 1 rings (SSSR count). The third-order valence-corrected chi connectivity index (χ3v) is 4.87. The van der Waals surface area contributed by atoms with Gasteiger partial charge in [0.1, 0.15) is 0 Å². The zero-order valence-corrected chi connectivity index (χ0v) is 11.0. The molecule has 1 heterocycles. The van der Waals surface area contributed by atoms with E-state index in [4.69, 9.17) is 4.74 Å². The van der Waals surface area contributed by atoms with Gasteiger partial charge >= 0.3 is 0 Å². The molecule has 0 aromatic carbocycles. The Balaban J connectivity index is 2.67. The Labute approximate surface area is 95.4 Å². The molecule has 90 valence electrons. The van der Waals surface area contributed by atoms with E-state index in [0.29, 0.717) is 12.6 Å². The molecular weight excluding hydrogens is 210 g/mol. The Bertz CT molecular complexity index is 223. The van der Waals surface area contributed by atoms with E-state index in [-0.39, 0.29) is 10.00 Å². The summed E-state index contributed by atoms with van der Waals surface area (Å²) in [4.78, 5) is 0. The standard InChI is InChI=1S/C11H23NO2S/c1-5-12-9-6-7-14-8-10(9)15(13)11(2,3)4/h9-10,12H,5-8H2,1-4H3. The molecule has 4 heteroatoms. The highest BCUT2D eigenvalue weighted by Crippen LogP contribution is 2.22. The van der Waals surface area contributed by atoms with E-state index in [0.717, 1.165) is 19.6 Å². The van der Waals surface area contributed by atoms with Gasteiger partial charge in [0.05, 0.1) is 11.9 Å². The van der Waals surface area contributed by atoms with Gasteiger partial charge in [-0.15, -0.1) is 0 Å². The van der Waals surface area contributed by atoms with Gasteiger partial charge in [0.2, 0.25) is 0 Å². The molecule has 3 nitrogen and oxygen atoms in total. The molecule has 1 saturated heterocycles. The average Bonchev–Trinajstić information content (AvgIpc) is 2.17. The minimum atomic E-state index is -0.843. The number of nitrogens with one attached hydrogen (secondary N) is 1. The Morgan fingerprint density at radius 3 is 2.67 bits per heavy atom. The lowest BCUT2D eigenvalue weighted by Crippen LogP contribution is -2.51. The third kappa shape index (κ3) is 3.54. The smallest absolute Gasteiger partial charge is 0.0740 e. The van der Waals surface area contributed by atoms with E-state index in [2.05, 4.69) is 12.2 Å². The fraction of sp³-hybridized carbons (Fsp3) is 1.00. The second-order valence-electron chi connectivity index (χ2n) is 4.98. The lowest BCUT2D eigenvalue weighted by atomic mass is 10.1. The van der Waals surface area contributed by atoms with Crippen molar-refractivity contribution in [3.8, 4) is 0 Å². The normalized spacial score (nSPS) is 30.1. The molecule has 1 aliphatic rings. The molecule has 3 unspecified atom stereocenters. The number of hydrogen-bond donors (Lipinski definition) is 1. The molecule has 3 atom stereocenters. The number of rotatable bonds is 3. The monoisotopic (exact) mass is 233 g/mol. The first-order valence-electron chi connectivity index (χ1n) is 5.68. The van der Waals surface area contributed by atoms with E-state index in [9.17, 15) is 4.21 Å². The van der Waals surface area contributed by atoms with Crippen molar-refractivity contribution in [3.05, 3.63) is 0 Å². The van der Waals surface area contributed by atoms with Crippen LogP contribution in [0.25, 0.3) is 0 Å². The van der Waals surface area contributed by atoms with E-state index >= 15 is 0 Å². The summed E-state index contributed by atoms with van der Waals surface area (Å²) in [6.07, 6.45) is 0.973. The molecular formula is C11H23NO2S. The highest BCUT2D eigenvalue weighted by atomic mass is 32.2. The van der Waals surface area contributed by atoms with Crippen LogP contribution in [0.2, 0.25) is 0 Å². The summed E-state index contributed by atoms with van der Waals surface area (Å²) in [5.41, 5.74) is 0. The van der Waals surface area contributed by atoms with Gasteiger partial charge in [0.15, 0.2) is 0 Å². The predicted octanol–water partition coefficient (Wildman–Crippen LogP) is 1.30. The molecule has 0 radical (unpaired) electrons. The first-order valence-corrected chi connectivity index (χ1v) is 6.90. The van der Waals surface area contributed by atoms with Crippen LogP contribution in [-0.2, 0) is 15.5 Å². The molecule has 1 N–H and O–H groups in total. The van der Waals surface area contributed by atoms with Crippen LogP contribution >= 0.6 is 0 Å². The van der Waals surface area contributed by atoms with E-state index < -0.39 is 10.8 Å². The van der Waals surface area contributed by atoms with Crippen LogP contribution in [0.3, 0.4) is 0 Å². The molecule has 15 heavy (non-hydrogen) atoms. The Hall–Kier alpha value is 0.0700. The summed E-state index contributed by atoms with van der Waals surface area (Å²) in [5, 5.41) is 3.55. The summed E-state index contributed by atoms with van der Waals surface area (Å²) >= 11 is 0. The SMILES string of the molecule is CCNC1CCOCC1S(=O)C(C)(C)C. The minimum absolute atomic E-state index is 0.138. The predicted molar refractivity (Wildman–Crippen MR) is 64.6 cm³/mol. The van der Waals surface area contributed by atoms with Gasteiger partial charge in [-0.2, -0.15) is 0 Å². The van der Waals surface area contributed by atoms with E-state index in [1.165, 1.54) is 0 Å². The van der Waals surface area contributed by atoms with Gasteiger partial charge in [-0.3, -0.25) is 4.21 Å². The summed E-state index contributed by atoms with van der Waals surface area (Å²) < 4.78 is 17.6. The summed E-state index contributed by atoms with van der Waals surface area (Å²) in [6.45, 7) is 10.5. The molecule has 0 aromatic heterocycles. The molecule has 0 aliphatic carbocycles. The molecule has 0 saturated carbocycles. The number of ether oxygens (including phenoxy) is 1. The second kappa shape index (κ2) is 5.41. The van der Waals surface area contributed by atoms with Crippen LogP contribution in [0.15, 0.2) is 0 Å². The molecule has 1 aliphatic heterocycles. The van der Waals surface area contributed by atoms with Crippen LogP contribution in [0.5, 0.6) is 0 Å². The highest BCUT2D eigenvalue weighted by Gasteiger charge is 2.35. The summed E-state index contributed by atoms with van der Waals surface area (Å²) in [6, 6.07) is 0.351. The van der Waals surface area contributed by atoms with E-state index in [1.807, 2.05) is 20.8 Å². The fourth-order valence-corrected chi connectivity index (χ4v) is 3.53. The van der Waals surface area contributed by atoms with Crippen molar-refractivity contribution in [1.29, 1.82) is 0 Å².